The summed E-state index contributed by atoms with van der Waals surface area (Å²) in [5, 5.41) is 2.60. The summed E-state index contributed by atoms with van der Waals surface area (Å²) in [5.74, 6) is 0.00167. The van der Waals surface area contributed by atoms with E-state index in [1.165, 1.54) is 22.5 Å². The first-order chi connectivity index (χ1) is 3.29. The first-order valence-electron chi connectivity index (χ1n) is 1.91. The van der Waals surface area contributed by atoms with E-state index in [2.05, 4.69) is 5.32 Å². The van der Waals surface area contributed by atoms with Gasteiger partial charge in [-0.15, -0.1) is 0 Å². The Labute approximate surface area is 54.5 Å². The molecule has 4 heteroatoms. The molecule has 1 unspecified atom stereocenters. The fourth-order valence-electron chi connectivity index (χ4n) is 0.389. The van der Waals surface area contributed by atoms with Crippen molar-refractivity contribution in [2.24, 2.45) is 0 Å². The van der Waals surface area contributed by atoms with E-state index in [9.17, 15) is 4.79 Å². The molecule has 1 N–H and O–H groups in total. The van der Waals surface area contributed by atoms with Gasteiger partial charge in [0.25, 0.3) is 0 Å². The van der Waals surface area contributed by atoms with Crippen LogP contribution in [0, 0.1) is 0 Å². The van der Waals surface area contributed by atoms with E-state index in [4.69, 9.17) is 4.74 Å². The standard InChI is InChI=1S/C3H4NO2.Sn/c5-3-1-6-2-4-3;/h2H,1H2,(H,4,5);. The van der Waals surface area contributed by atoms with E-state index in [1.54, 1.807) is 0 Å². The zero-order valence-electron chi connectivity index (χ0n) is 3.60. The van der Waals surface area contributed by atoms with Crippen molar-refractivity contribution < 1.29 is 9.53 Å². The molecule has 0 aliphatic carbocycles. The minimum atomic E-state index is 0.00167. The molecule has 1 atom stereocenters. The molecule has 1 saturated heterocycles. The van der Waals surface area contributed by atoms with E-state index in [0.29, 0.717) is 0 Å². The third-order valence-corrected chi connectivity index (χ3v) is 1.56. The van der Waals surface area contributed by atoms with Crippen LogP contribution in [0.5, 0.6) is 0 Å². The number of ether oxygens (including phenoxy) is 1. The molecule has 0 saturated carbocycles. The van der Waals surface area contributed by atoms with E-state index >= 15 is 0 Å². The van der Waals surface area contributed by atoms with Crippen LogP contribution in [-0.2, 0) is 9.53 Å². The Morgan fingerprint density at radius 2 is 2.71 bits per heavy atom. The number of rotatable bonds is 0. The van der Waals surface area contributed by atoms with Crippen LogP contribution in [0.4, 0.5) is 0 Å². The summed E-state index contributed by atoms with van der Waals surface area (Å²) in [4.78, 5) is 10.2. The molecule has 1 rings (SSSR count). The van der Waals surface area contributed by atoms with Gasteiger partial charge in [-0.2, -0.15) is 0 Å². The van der Waals surface area contributed by atoms with Crippen molar-refractivity contribution in [2.75, 3.05) is 6.61 Å². The molecule has 1 aliphatic rings. The number of amides is 1. The Balaban J connectivity index is 2.40. The molecule has 0 aromatic carbocycles. The van der Waals surface area contributed by atoms with Crippen LogP contribution >= 0.6 is 0 Å². The van der Waals surface area contributed by atoms with Crippen LogP contribution in [0.25, 0.3) is 0 Å². The van der Waals surface area contributed by atoms with Crippen molar-refractivity contribution in [3.05, 3.63) is 0 Å². The molecule has 0 aromatic rings. The summed E-state index contributed by atoms with van der Waals surface area (Å²) >= 11 is 1.21. The van der Waals surface area contributed by atoms with Crippen molar-refractivity contribution in [3.63, 3.8) is 0 Å². The first kappa shape index (κ1) is 5.37. The first-order valence-corrected chi connectivity index (χ1v) is 3.56. The van der Waals surface area contributed by atoms with Crippen LogP contribution in [-0.4, -0.2) is 39.3 Å². The number of carbonyl (C=O) groups excluding carboxylic acids is 1. The second-order valence-electron chi connectivity index (χ2n) is 1.26. The summed E-state index contributed by atoms with van der Waals surface area (Å²) in [6, 6.07) is 0. The molecule has 1 amide bonds. The maximum absolute atomic E-state index is 10.2. The number of carbonyl (C=O) groups is 1. The molecule has 0 aromatic heterocycles. The third-order valence-electron chi connectivity index (χ3n) is 0.673. The fourth-order valence-corrected chi connectivity index (χ4v) is 1.09. The maximum atomic E-state index is 10.2. The summed E-state index contributed by atoms with van der Waals surface area (Å²) in [7, 11) is 0. The van der Waals surface area contributed by atoms with Gasteiger partial charge in [0.05, 0.1) is 0 Å². The normalized spacial score (nSPS) is 30.4. The SMILES string of the molecule is O=C1CO[CH]([Sn])N1. The van der Waals surface area contributed by atoms with Gasteiger partial charge in [-0.25, -0.2) is 0 Å². The topological polar surface area (TPSA) is 38.3 Å². The fraction of sp³-hybridized carbons (Fsp3) is 0.667. The summed E-state index contributed by atoms with van der Waals surface area (Å²) in [6.45, 7) is 0.246. The van der Waals surface area contributed by atoms with Gasteiger partial charge in [0.2, 0.25) is 0 Å². The van der Waals surface area contributed by atoms with Gasteiger partial charge in [0.1, 0.15) is 0 Å². The van der Waals surface area contributed by atoms with Gasteiger partial charge in [-0.05, 0) is 0 Å². The molecule has 7 heavy (non-hydrogen) atoms. The van der Waals surface area contributed by atoms with E-state index < -0.39 is 0 Å². The Kier molecular flexibility index (Phi) is 1.53. The molecule has 3 radical (unpaired) electrons. The average Bonchev–Trinajstić information content (AvgIpc) is 1.87. The van der Waals surface area contributed by atoms with Crippen molar-refractivity contribution in [1.82, 2.24) is 5.32 Å². The van der Waals surface area contributed by atoms with Crippen molar-refractivity contribution in [2.45, 2.75) is 4.24 Å². The Bertz CT molecular complexity index is 94.9. The Morgan fingerprint density at radius 1 is 2.00 bits per heavy atom. The molecular formula is C3H4NO2Sn. The molecule has 1 heterocycles. The Hall–Kier alpha value is 0.229. The molecule has 0 spiro atoms. The van der Waals surface area contributed by atoms with Crippen LogP contribution < -0.4 is 5.32 Å². The zero-order valence-corrected chi connectivity index (χ0v) is 6.46. The van der Waals surface area contributed by atoms with Crippen LogP contribution in [0.1, 0.15) is 0 Å². The summed E-state index contributed by atoms with van der Waals surface area (Å²) in [5.41, 5.74) is 0. The van der Waals surface area contributed by atoms with E-state index in [1.807, 2.05) is 0 Å². The van der Waals surface area contributed by atoms with Crippen molar-refractivity contribution in [1.29, 1.82) is 0 Å². The molecule has 1 fully saturated rings. The predicted octanol–water partition coefficient (Wildman–Crippen LogP) is -1.42. The zero-order chi connectivity index (χ0) is 5.28. The van der Waals surface area contributed by atoms with Crippen LogP contribution in [0.3, 0.4) is 0 Å². The van der Waals surface area contributed by atoms with Gasteiger partial charge in [0, 0.05) is 0 Å². The van der Waals surface area contributed by atoms with Gasteiger partial charge in [-0.1, -0.05) is 0 Å². The third kappa shape index (κ3) is 1.31. The van der Waals surface area contributed by atoms with Gasteiger partial charge in [-0.3, -0.25) is 0 Å². The van der Waals surface area contributed by atoms with Gasteiger partial charge >= 0.3 is 54.1 Å². The van der Waals surface area contributed by atoms with E-state index in [0.717, 1.165) is 0 Å². The molecule has 0 bridgehead atoms. The molecule has 37 valence electrons. The minimum absolute atomic E-state index is 0.00167. The van der Waals surface area contributed by atoms with Crippen LogP contribution in [0.15, 0.2) is 0 Å². The van der Waals surface area contributed by atoms with Gasteiger partial charge in [0.15, 0.2) is 0 Å². The molecule has 3 nitrogen and oxygen atoms in total. The molecular weight excluding hydrogens is 201 g/mol. The quantitative estimate of drug-likeness (QED) is 0.493. The number of nitrogens with one attached hydrogen (secondary N) is 1. The van der Waals surface area contributed by atoms with Crippen molar-refractivity contribution in [3.8, 4) is 0 Å². The number of hydrogen-bond acceptors (Lipinski definition) is 2. The van der Waals surface area contributed by atoms with Crippen LogP contribution in [0.2, 0.25) is 0 Å². The Morgan fingerprint density at radius 3 is 2.86 bits per heavy atom. The van der Waals surface area contributed by atoms with E-state index in [-0.39, 0.29) is 16.8 Å². The predicted molar refractivity (Wildman–Crippen MR) is 23.6 cm³/mol. The average molecular weight is 205 g/mol. The summed E-state index contributed by atoms with van der Waals surface area (Å²) < 4.78 is 4.86. The summed E-state index contributed by atoms with van der Waals surface area (Å²) in [6.07, 6.45) is 0. The second kappa shape index (κ2) is 2.00. The van der Waals surface area contributed by atoms with Gasteiger partial charge < -0.3 is 0 Å². The molecule has 1 aliphatic heterocycles. The monoisotopic (exact) mass is 206 g/mol. The second-order valence-corrected chi connectivity index (χ2v) is 2.76. The number of hydrogen-bond donors (Lipinski definition) is 1. The van der Waals surface area contributed by atoms with Crippen molar-refractivity contribution >= 4 is 28.4 Å².